The topological polar surface area (TPSA) is 30.9 Å². The van der Waals surface area contributed by atoms with Crippen molar-refractivity contribution in [2.75, 3.05) is 45.4 Å². The Labute approximate surface area is 141 Å². The Bertz CT molecular complexity index is 885. The van der Waals surface area contributed by atoms with Crippen molar-refractivity contribution in [2.45, 2.75) is 0 Å². The monoisotopic (exact) mass is 323 g/mol. The smallest absolute Gasteiger partial charge is 0.169 e. The van der Waals surface area contributed by atoms with Gasteiger partial charge in [-0.25, -0.2) is 0 Å². The van der Waals surface area contributed by atoms with E-state index in [1.54, 1.807) is 14.2 Å². The third-order valence-corrected chi connectivity index (χ3v) is 4.70. The lowest BCUT2D eigenvalue weighted by Crippen LogP contribution is -2.36. The fourth-order valence-corrected chi connectivity index (χ4v) is 3.55. The van der Waals surface area contributed by atoms with E-state index in [1.807, 2.05) is 6.07 Å². The molecule has 0 saturated carbocycles. The summed E-state index contributed by atoms with van der Waals surface area (Å²) in [6.45, 7) is 3.34. The Morgan fingerprint density at radius 1 is 0.917 bits per heavy atom. The quantitative estimate of drug-likeness (QED) is 0.685. The van der Waals surface area contributed by atoms with Crippen molar-refractivity contribution in [3.63, 3.8) is 0 Å². The molecule has 0 radical (unpaired) electrons. The van der Waals surface area contributed by atoms with Crippen molar-refractivity contribution in [2.24, 2.45) is 0 Å². The maximum absolute atomic E-state index is 5.73. The van der Waals surface area contributed by atoms with E-state index in [0.29, 0.717) is 0 Å². The molecule has 1 fully saturated rings. The summed E-state index contributed by atoms with van der Waals surface area (Å²) in [5, 5.41) is 4.68. The fraction of sp³-hybridized carbons (Fsp3) is 0.300. The predicted molar refractivity (Wildman–Crippen MR) is 97.6 cm³/mol. The molecular formula is C20H21NO3. The van der Waals surface area contributed by atoms with Crippen molar-refractivity contribution in [3.8, 4) is 11.5 Å². The van der Waals surface area contributed by atoms with E-state index >= 15 is 0 Å². The minimum Gasteiger partial charge on any atom is -0.493 e. The number of nitrogens with zero attached hydrogens (tertiary/aromatic N) is 1. The number of rotatable bonds is 3. The standard InChI is InChI=1S/C20H21NO3/c1-22-18-8-7-16-17(21-9-11-24-12-10-21)13-14-5-3-4-6-15(14)19(16)20(18)23-2/h3-8,13H,9-12H2,1-2H3. The number of methoxy groups -OCH3 is 2. The van der Waals surface area contributed by atoms with Crippen LogP contribution in [0.15, 0.2) is 42.5 Å². The summed E-state index contributed by atoms with van der Waals surface area (Å²) in [6.07, 6.45) is 0. The second kappa shape index (κ2) is 6.21. The zero-order chi connectivity index (χ0) is 16.5. The van der Waals surface area contributed by atoms with E-state index in [1.165, 1.54) is 21.8 Å². The Morgan fingerprint density at radius 3 is 2.46 bits per heavy atom. The molecule has 3 aromatic carbocycles. The number of ether oxygens (including phenoxy) is 3. The SMILES string of the molecule is COc1ccc2c(N3CCOCC3)cc3ccccc3c2c1OC. The molecule has 0 aliphatic carbocycles. The number of anilines is 1. The molecule has 0 bridgehead atoms. The molecule has 0 atom stereocenters. The maximum atomic E-state index is 5.73. The lowest BCUT2D eigenvalue weighted by atomic mass is 9.98. The molecule has 1 saturated heterocycles. The van der Waals surface area contributed by atoms with E-state index in [9.17, 15) is 0 Å². The van der Waals surface area contributed by atoms with Crippen LogP contribution in [0.3, 0.4) is 0 Å². The van der Waals surface area contributed by atoms with Crippen LogP contribution in [0.2, 0.25) is 0 Å². The van der Waals surface area contributed by atoms with Crippen LogP contribution in [-0.4, -0.2) is 40.5 Å². The van der Waals surface area contributed by atoms with Gasteiger partial charge in [0.25, 0.3) is 0 Å². The van der Waals surface area contributed by atoms with Gasteiger partial charge in [0.05, 0.1) is 27.4 Å². The molecule has 4 nitrogen and oxygen atoms in total. The lowest BCUT2D eigenvalue weighted by molar-refractivity contribution is 0.123. The van der Waals surface area contributed by atoms with Crippen molar-refractivity contribution in [3.05, 3.63) is 42.5 Å². The zero-order valence-corrected chi connectivity index (χ0v) is 14.0. The largest absolute Gasteiger partial charge is 0.493 e. The summed E-state index contributed by atoms with van der Waals surface area (Å²) in [6, 6.07) is 14.8. The molecule has 4 heteroatoms. The van der Waals surface area contributed by atoms with Crippen LogP contribution in [-0.2, 0) is 4.74 Å². The lowest BCUT2D eigenvalue weighted by Gasteiger charge is -2.30. The summed E-state index contributed by atoms with van der Waals surface area (Å²) in [5.74, 6) is 1.55. The fourth-order valence-electron chi connectivity index (χ4n) is 3.55. The molecule has 1 heterocycles. The van der Waals surface area contributed by atoms with E-state index in [4.69, 9.17) is 14.2 Å². The van der Waals surface area contributed by atoms with Crippen LogP contribution in [0.25, 0.3) is 21.5 Å². The second-order valence-electron chi connectivity index (χ2n) is 5.94. The molecule has 4 rings (SSSR count). The highest BCUT2D eigenvalue weighted by atomic mass is 16.5. The van der Waals surface area contributed by atoms with Gasteiger partial charge in [-0.1, -0.05) is 24.3 Å². The van der Waals surface area contributed by atoms with Crippen LogP contribution in [0.5, 0.6) is 11.5 Å². The Morgan fingerprint density at radius 2 is 1.71 bits per heavy atom. The second-order valence-corrected chi connectivity index (χ2v) is 5.94. The van der Waals surface area contributed by atoms with Gasteiger partial charge in [-0.3, -0.25) is 0 Å². The van der Waals surface area contributed by atoms with E-state index in [2.05, 4.69) is 41.3 Å². The minimum absolute atomic E-state index is 0.759. The molecule has 0 spiro atoms. The molecule has 24 heavy (non-hydrogen) atoms. The molecular weight excluding hydrogens is 302 g/mol. The van der Waals surface area contributed by atoms with Crippen molar-refractivity contribution in [1.82, 2.24) is 0 Å². The van der Waals surface area contributed by atoms with Crippen LogP contribution >= 0.6 is 0 Å². The van der Waals surface area contributed by atoms with E-state index < -0.39 is 0 Å². The van der Waals surface area contributed by atoms with Gasteiger partial charge in [0, 0.05) is 29.5 Å². The number of morpholine rings is 1. The van der Waals surface area contributed by atoms with Crippen molar-refractivity contribution < 1.29 is 14.2 Å². The van der Waals surface area contributed by atoms with Gasteiger partial charge >= 0.3 is 0 Å². The summed E-state index contributed by atoms with van der Waals surface area (Å²) < 4.78 is 16.8. The molecule has 124 valence electrons. The first kappa shape index (κ1) is 15.1. The van der Waals surface area contributed by atoms with Gasteiger partial charge in [-0.2, -0.15) is 0 Å². The predicted octanol–water partition coefficient (Wildman–Crippen LogP) is 3.85. The summed E-state index contributed by atoms with van der Waals surface area (Å²) in [7, 11) is 3.38. The Hall–Kier alpha value is -2.46. The molecule has 1 aliphatic heterocycles. The molecule has 1 aliphatic rings. The van der Waals surface area contributed by atoms with Crippen LogP contribution in [0.4, 0.5) is 5.69 Å². The van der Waals surface area contributed by atoms with Gasteiger partial charge in [-0.05, 0) is 29.0 Å². The first-order valence-corrected chi connectivity index (χ1v) is 8.22. The van der Waals surface area contributed by atoms with Crippen LogP contribution < -0.4 is 14.4 Å². The van der Waals surface area contributed by atoms with E-state index in [0.717, 1.165) is 43.2 Å². The van der Waals surface area contributed by atoms with Gasteiger partial charge < -0.3 is 19.1 Å². The zero-order valence-electron chi connectivity index (χ0n) is 14.0. The average molecular weight is 323 g/mol. The summed E-state index contributed by atoms with van der Waals surface area (Å²) >= 11 is 0. The van der Waals surface area contributed by atoms with Crippen molar-refractivity contribution >= 4 is 27.2 Å². The number of fused-ring (bicyclic) bond motifs is 3. The average Bonchev–Trinajstić information content (AvgIpc) is 2.66. The molecule has 0 aromatic heterocycles. The van der Waals surface area contributed by atoms with Crippen molar-refractivity contribution in [1.29, 1.82) is 0 Å². The molecule has 0 N–H and O–H groups in total. The normalized spacial score (nSPS) is 15.0. The van der Waals surface area contributed by atoms with Crippen LogP contribution in [0.1, 0.15) is 0 Å². The summed E-state index contributed by atoms with van der Waals surface area (Å²) in [4.78, 5) is 2.39. The number of benzene rings is 3. The van der Waals surface area contributed by atoms with Gasteiger partial charge in [0.1, 0.15) is 0 Å². The molecule has 0 amide bonds. The number of hydrogen-bond acceptors (Lipinski definition) is 4. The van der Waals surface area contributed by atoms with Gasteiger partial charge in [0.2, 0.25) is 0 Å². The number of hydrogen-bond donors (Lipinski definition) is 0. The van der Waals surface area contributed by atoms with Crippen LogP contribution in [0, 0.1) is 0 Å². The summed E-state index contributed by atoms with van der Waals surface area (Å²) in [5.41, 5.74) is 1.23. The highest BCUT2D eigenvalue weighted by Crippen LogP contribution is 2.43. The first-order valence-electron chi connectivity index (χ1n) is 8.22. The van der Waals surface area contributed by atoms with E-state index in [-0.39, 0.29) is 0 Å². The highest BCUT2D eigenvalue weighted by Gasteiger charge is 2.19. The molecule has 0 unspecified atom stereocenters. The Balaban J connectivity index is 2.08. The molecule has 3 aromatic rings. The third kappa shape index (κ3) is 2.34. The van der Waals surface area contributed by atoms with Gasteiger partial charge in [-0.15, -0.1) is 0 Å². The van der Waals surface area contributed by atoms with Gasteiger partial charge in [0.15, 0.2) is 11.5 Å². The maximum Gasteiger partial charge on any atom is 0.169 e. The Kier molecular flexibility index (Phi) is 3.90. The minimum atomic E-state index is 0.759. The third-order valence-electron chi connectivity index (χ3n) is 4.70. The first-order chi connectivity index (χ1) is 11.8. The highest BCUT2D eigenvalue weighted by molar-refractivity contribution is 6.16.